The number of carbonyl (C=O) groups excluding carboxylic acids is 1. The second kappa shape index (κ2) is 6.94. The Balaban J connectivity index is 1.94. The minimum atomic E-state index is -0.122. The van der Waals surface area contributed by atoms with Crippen LogP contribution in [0, 0.1) is 15.7 Å². The van der Waals surface area contributed by atoms with Gasteiger partial charge in [-0.25, -0.2) is 0 Å². The zero-order chi connectivity index (χ0) is 14.5. The number of anilines is 1. The molecule has 6 heteroatoms. The largest absolute Gasteiger partial charge is 0.618 e. The van der Waals surface area contributed by atoms with E-state index in [1.165, 1.54) is 18.0 Å². The van der Waals surface area contributed by atoms with Crippen LogP contribution in [0.5, 0.6) is 0 Å². The standard InChI is InChI=1S/C14H13IN2O2S/c1-10-8-11(15)5-6-12(10)16-13(18)9-20-14-4-2-3-7-17(14)19/h2-8H,9H2,1H3,(H,16,18). The summed E-state index contributed by atoms with van der Waals surface area (Å²) in [6.45, 7) is 1.95. The molecule has 0 aliphatic heterocycles. The second-order valence-corrected chi connectivity index (χ2v) is 6.40. The predicted octanol–water partition coefficient (Wildman–Crippen LogP) is 2.96. The highest BCUT2D eigenvalue weighted by Crippen LogP contribution is 2.19. The number of nitrogens with one attached hydrogen (secondary N) is 1. The number of thioether (sulfide) groups is 1. The van der Waals surface area contributed by atoms with Gasteiger partial charge in [-0.1, -0.05) is 0 Å². The molecule has 0 aliphatic rings. The van der Waals surface area contributed by atoms with Crippen LogP contribution in [0.2, 0.25) is 0 Å². The quantitative estimate of drug-likeness (QED) is 0.372. The van der Waals surface area contributed by atoms with E-state index in [-0.39, 0.29) is 11.7 Å². The van der Waals surface area contributed by atoms with Gasteiger partial charge < -0.3 is 10.5 Å². The van der Waals surface area contributed by atoms with Crippen molar-refractivity contribution >= 4 is 45.9 Å². The van der Waals surface area contributed by atoms with Crippen molar-refractivity contribution < 1.29 is 9.52 Å². The highest BCUT2D eigenvalue weighted by atomic mass is 127. The lowest BCUT2D eigenvalue weighted by Gasteiger charge is -2.08. The van der Waals surface area contributed by atoms with Gasteiger partial charge in [0, 0.05) is 21.4 Å². The van der Waals surface area contributed by atoms with Crippen LogP contribution in [0.4, 0.5) is 5.69 Å². The average Bonchev–Trinajstić information content (AvgIpc) is 2.41. The summed E-state index contributed by atoms with van der Waals surface area (Å²) in [5.41, 5.74) is 1.83. The summed E-state index contributed by atoms with van der Waals surface area (Å²) in [5.74, 6) is 0.0840. The molecule has 0 saturated heterocycles. The number of halogens is 1. The van der Waals surface area contributed by atoms with E-state index in [9.17, 15) is 10.0 Å². The van der Waals surface area contributed by atoms with Crippen LogP contribution in [0.1, 0.15) is 5.56 Å². The van der Waals surface area contributed by atoms with Gasteiger partial charge in [-0.2, -0.15) is 4.73 Å². The first-order valence-electron chi connectivity index (χ1n) is 5.93. The molecule has 0 atom stereocenters. The zero-order valence-electron chi connectivity index (χ0n) is 10.8. The van der Waals surface area contributed by atoms with E-state index in [2.05, 4.69) is 27.9 Å². The molecule has 1 aromatic heterocycles. The van der Waals surface area contributed by atoms with Crippen LogP contribution >= 0.6 is 34.4 Å². The van der Waals surface area contributed by atoms with Crippen LogP contribution in [0.25, 0.3) is 0 Å². The van der Waals surface area contributed by atoms with Crippen LogP contribution in [-0.2, 0) is 4.79 Å². The van der Waals surface area contributed by atoms with Crippen LogP contribution in [0.3, 0.4) is 0 Å². The Labute approximate surface area is 135 Å². The van der Waals surface area contributed by atoms with Gasteiger partial charge in [-0.05, 0) is 71.1 Å². The smallest absolute Gasteiger partial charge is 0.251 e. The first-order chi connectivity index (χ1) is 9.56. The van der Waals surface area contributed by atoms with Crippen LogP contribution < -0.4 is 10.0 Å². The SMILES string of the molecule is Cc1cc(I)ccc1NC(=O)CSc1cccc[n+]1[O-]. The number of nitrogens with zero attached hydrogens (tertiary/aromatic N) is 1. The zero-order valence-corrected chi connectivity index (χ0v) is 13.8. The minimum absolute atomic E-state index is 0.122. The van der Waals surface area contributed by atoms with Crippen molar-refractivity contribution in [1.29, 1.82) is 0 Å². The Hall–Kier alpha value is -1.28. The van der Waals surface area contributed by atoms with E-state index in [1.807, 2.05) is 25.1 Å². The summed E-state index contributed by atoms with van der Waals surface area (Å²) in [6, 6.07) is 11.0. The fraction of sp³-hybridized carbons (Fsp3) is 0.143. The molecule has 104 valence electrons. The highest BCUT2D eigenvalue weighted by Gasteiger charge is 2.10. The number of aromatic nitrogens is 1. The normalized spacial score (nSPS) is 10.3. The van der Waals surface area contributed by atoms with Crippen LogP contribution in [0.15, 0.2) is 47.6 Å². The molecular weight excluding hydrogens is 387 g/mol. The van der Waals surface area contributed by atoms with E-state index >= 15 is 0 Å². The van der Waals surface area contributed by atoms with Gasteiger partial charge >= 0.3 is 0 Å². The summed E-state index contributed by atoms with van der Waals surface area (Å²) >= 11 is 3.45. The number of benzene rings is 1. The van der Waals surface area contributed by atoms with Crippen molar-refractivity contribution in [2.45, 2.75) is 11.9 Å². The van der Waals surface area contributed by atoms with Crippen molar-refractivity contribution in [3.8, 4) is 0 Å². The molecule has 0 aliphatic carbocycles. The van der Waals surface area contributed by atoms with Crippen molar-refractivity contribution in [2.75, 3.05) is 11.1 Å². The third-order valence-electron chi connectivity index (χ3n) is 2.60. The lowest BCUT2D eigenvalue weighted by molar-refractivity contribution is -0.645. The molecule has 1 N–H and O–H groups in total. The summed E-state index contributed by atoms with van der Waals surface area (Å²) < 4.78 is 1.89. The first-order valence-corrected chi connectivity index (χ1v) is 7.99. The van der Waals surface area contributed by atoms with Gasteiger partial charge in [-0.3, -0.25) is 4.79 Å². The predicted molar refractivity (Wildman–Crippen MR) is 88.7 cm³/mol. The maximum absolute atomic E-state index is 11.9. The van der Waals surface area contributed by atoms with E-state index in [0.29, 0.717) is 5.03 Å². The maximum Gasteiger partial charge on any atom is 0.251 e. The molecule has 1 aromatic carbocycles. The monoisotopic (exact) mass is 400 g/mol. The summed E-state index contributed by atoms with van der Waals surface area (Å²) in [7, 11) is 0. The van der Waals surface area contributed by atoms with Gasteiger partial charge in [0.1, 0.15) is 0 Å². The Morgan fingerprint density at radius 2 is 2.20 bits per heavy atom. The minimum Gasteiger partial charge on any atom is -0.618 e. The van der Waals surface area contributed by atoms with E-state index in [0.717, 1.165) is 19.6 Å². The Bertz CT molecular complexity index is 634. The maximum atomic E-state index is 11.9. The molecule has 2 rings (SSSR count). The molecule has 0 saturated carbocycles. The van der Waals surface area contributed by atoms with Crippen molar-refractivity contribution in [2.24, 2.45) is 0 Å². The van der Waals surface area contributed by atoms with Crippen molar-refractivity contribution in [1.82, 2.24) is 0 Å². The Morgan fingerprint density at radius 3 is 2.90 bits per heavy atom. The number of amides is 1. The third kappa shape index (κ3) is 4.11. The molecule has 0 unspecified atom stereocenters. The molecular formula is C14H13IN2O2S. The molecule has 1 amide bonds. The van der Waals surface area contributed by atoms with E-state index in [4.69, 9.17) is 0 Å². The van der Waals surface area contributed by atoms with Gasteiger partial charge in [0.05, 0.1) is 5.75 Å². The Morgan fingerprint density at radius 1 is 1.40 bits per heavy atom. The average molecular weight is 400 g/mol. The molecule has 0 spiro atoms. The van der Waals surface area contributed by atoms with Gasteiger partial charge in [0.15, 0.2) is 6.20 Å². The number of rotatable bonds is 4. The molecule has 4 nitrogen and oxygen atoms in total. The number of hydrogen-bond acceptors (Lipinski definition) is 3. The van der Waals surface area contributed by atoms with Crippen molar-refractivity contribution in [3.63, 3.8) is 0 Å². The van der Waals surface area contributed by atoms with E-state index < -0.39 is 0 Å². The van der Waals surface area contributed by atoms with Crippen LogP contribution in [-0.4, -0.2) is 11.7 Å². The summed E-state index contributed by atoms with van der Waals surface area (Å²) in [6.07, 6.45) is 1.42. The molecule has 2 aromatic rings. The fourth-order valence-electron chi connectivity index (χ4n) is 1.62. The lowest BCUT2D eigenvalue weighted by Crippen LogP contribution is -2.28. The second-order valence-electron chi connectivity index (χ2n) is 4.16. The Kier molecular flexibility index (Phi) is 5.24. The first kappa shape index (κ1) is 15.1. The highest BCUT2D eigenvalue weighted by molar-refractivity contribution is 14.1. The topological polar surface area (TPSA) is 56.0 Å². The summed E-state index contributed by atoms with van der Waals surface area (Å²) in [5, 5.41) is 14.8. The van der Waals surface area contributed by atoms with Gasteiger partial charge in [-0.15, -0.1) is 0 Å². The molecule has 0 fully saturated rings. The fourth-order valence-corrected chi connectivity index (χ4v) is 2.98. The van der Waals surface area contributed by atoms with E-state index in [1.54, 1.807) is 18.2 Å². The molecule has 1 heterocycles. The molecule has 20 heavy (non-hydrogen) atoms. The number of carbonyl (C=O) groups is 1. The van der Waals surface area contributed by atoms with Crippen molar-refractivity contribution in [3.05, 3.63) is 56.9 Å². The third-order valence-corrected chi connectivity index (χ3v) is 4.29. The van der Waals surface area contributed by atoms with Gasteiger partial charge in [0.25, 0.3) is 5.03 Å². The number of pyridine rings is 1. The number of hydrogen-bond donors (Lipinski definition) is 1. The lowest BCUT2D eigenvalue weighted by atomic mass is 10.2. The number of aryl methyl sites for hydroxylation is 1. The molecule has 0 radical (unpaired) electrons. The van der Waals surface area contributed by atoms with Gasteiger partial charge in [0.2, 0.25) is 5.91 Å². The summed E-state index contributed by atoms with van der Waals surface area (Å²) in [4.78, 5) is 11.9. The molecule has 0 bridgehead atoms.